The Hall–Kier alpha value is -3.60. The van der Waals surface area contributed by atoms with Gasteiger partial charge in [-0.3, -0.25) is 19.7 Å². The zero-order chi connectivity index (χ0) is 35.3. The molecule has 3 aromatic carbocycles. The molecule has 268 valence electrons. The third-order valence-corrected chi connectivity index (χ3v) is 10.7. The van der Waals surface area contributed by atoms with Crippen molar-refractivity contribution < 1.29 is 29.4 Å². The fraction of sp³-hybridized carbons (Fsp3) is 0.512. The molecule has 3 fully saturated rings. The van der Waals surface area contributed by atoms with Crippen molar-refractivity contribution in [2.45, 2.75) is 110 Å². The van der Waals surface area contributed by atoms with Crippen LogP contribution in [0.4, 0.5) is 0 Å². The van der Waals surface area contributed by atoms with Gasteiger partial charge in [0.1, 0.15) is 0 Å². The molecule has 2 heterocycles. The first-order chi connectivity index (χ1) is 24.0. The number of carbonyl (C=O) groups is 2. The molecule has 4 N–H and O–H groups in total. The first kappa shape index (κ1) is 36.2. The van der Waals surface area contributed by atoms with E-state index in [0.717, 1.165) is 52.9 Å². The summed E-state index contributed by atoms with van der Waals surface area (Å²) in [6, 6.07) is 25.1. The van der Waals surface area contributed by atoms with Crippen molar-refractivity contribution in [3.63, 3.8) is 0 Å². The topological polar surface area (TPSA) is 120 Å². The van der Waals surface area contributed by atoms with Gasteiger partial charge in [-0.05, 0) is 70.8 Å². The zero-order valence-corrected chi connectivity index (χ0v) is 29.7. The van der Waals surface area contributed by atoms with Crippen molar-refractivity contribution in [3.05, 3.63) is 95.1 Å². The predicted molar refractivity (Wildman–Crippen MR) is 192 cm³/mol. The van der Waals surface area contributed by atoms with Crippen molar-refractivity contribution >= 4 is 11.8 Å². The summed E-state index contributed by atoms with van der Waals surface area (Å²) < 4.78 is 13.4. The second-order valence-corrected chi connectivity index (χ2v) is 15.8. The first-order valence-electron chi connectivity index (χ1n) is 18.2. The highest BCUT2D eigenvalue weighted by molar-refractivity contribution is 5.77. The van der Waals surface area contributed by atoms with E-state index >= 15 is 0 Å². The lowest BCUT2D eigenvalue weighted by Gasteiger charge is -2.41. The summed E-state index contributed by atoms with van der Waals surface area (Å²) in [5, 5.41) is 21.2. The van der Waals surface area contributed by atoms with Gasteiger partial charge in [-0.2, -0.15) is 0 Å². The molecule has 2 unspecified atom stereocenters. The van der Waals surface area contributed by atoms with Crippen molar-refractivity contribution in [1.82, 2.24) is 15.7 Å². The van der Waals surface area contributed by atoms with E-state index in [1.165, 1.54) is 19.3 Å². The number of hydrogen-bond acceptors (Lipinski definition) is 7. The maximum atomic E-state index is 12.5. The smallest absolute Gasteiger partial charge is 0.243 e. The Bertz CT molecular complexity index is 1610. The van der Waals surface area contributed by atoms with Gasteiger partial charge in [0.05, 0.1) is 18.8 Å². The van der Waals surface area contributed by atoms with Gasteiger partial charge in [0.25, 0.3) is 0 Å². The summed E-state index contributed by atoms with van der Waals surface area (Å²) in [6.07, 6.45) is 5.49. The highest BCUT2D eigenvalue weighted by Gasteiger charge is 2.50. The number of ether oxygens (including phenoxy) is 2. The molecule has 2 aliphatic heterocycles. The maximum absolute atomic E-state index is 12.5. The molecule has 0 spiro atoms. The number of hydroxylamine groups is 1. The zero-order valence-electron chi connectivity index (χ0n) is 29.7. The number of aliphatic hydroxyl groups is 1. The van der Waals surface area contributed by atoms with E-state index < -0.39 is 12.2 Å². The van der Waals surface area contributed by atoms with Crippen molar-refractivity contribution in [2.24, 2.45) is 10.8 Å². The number of carbonyl (C=O) groups excluding carboxylic acids is 2. The Kier molecular flexibility index (Phi) is 11.4. The monoisotopic (exact) mass is 683 g/mol. The summed E-state index contributed by atoms with van der Waals surface area (Å²) in [5.74, 6) is -0.514. The van der Waals surface area contributed by atoms with E-state index in [4.69, 9.17) is 14.7 Å². The molecule has 1 aliphatic carbocycles. The van der Waals surface area contributed by atoms with E-state index in [-0.39, 0.29) is 31.1 Å². The molecule has 9 heteroatoms. The molecule has 3 aliphatic rings. The molecule has 3 aromatic rings. The number of amides is 2. The van der Waals surface area contributed by atoms with Crippen molar-refractivity contribution in [3.8, 4) is 11.1 Å². The van der Waals surface area contributed by atoms with Gasteiger partial charge < -0.3 is 19.9 Å². The number of nitrogens with one attached hydrogen (secondary N) is 2. The molecule has 0 aromatic heterocycles. The van der Waals surface area contributed by atoms with E-state index in [2.05, 4.69) is 73.5 Å². The number of aliphatic hydroxyl groups excluding tert-OH is 1. The molecule has 0 radical (unpaired) electrons. The molecule has 2 bridgehead atoms. The van der Waals surface area contributed by atoms with Gasteiger partial charge in [0, 0.05) is 50.5 Å². The first-order valence-corrected chi connectivity index (χ1v) is 18.2. The Morgan fingerprint density at radius 2 is 1.58 bits per heavy atom. The second-order valence-electron chi connectivity index (χ2n) is 15.8. The van der Waals surface area contributed by atoms with Gasteiger partial charge >= 0.3 is 0 Å². The number of benzene rings is 3. The third kappa shape index (κ3) is 9.00. The van der Waals surface area contributed by atoms with Crippen molar-refractivity contribution in [1.29, 1.82) is 0 Å². The van der Waals surface area contributed by atoms with Gasteiger partial charge in [0.2, 0.25) is 11.8 Å². The molecule has 5 atom stereocenters. The largest absolute Gasteiger partial charge is 0.392 e. The van der Waals surface area contributed by atoms with Crippen LogP contribution in [-0.2, 0) is 32.2 Å². The third-order valence-electron chi connectivity index (χ3n) is 10.7. The summed E-state index contributed by atoms with van der Waals surface area (Å²) in [6.45, 7) is 9.70. The lowest BCUT2D eigenvalue weighted by molar-refractivity contribution is -0.253. The molecular weight excluding hydrogens is 630 g/mol. The summed E-state index contributed by atoms with van der Waals surface area (Å²) in [5.41, 5.74) is 8.36. The lowest BCUT2D eigenvalue weighted by atomic mass is 9.65. The Balaban J connectivity index is 1.14. The van der Waals surface area contributed by atoms with Crippen LogP contribution < -0.4 is 10.8 Å². The second kappa shape index (κ2) is 15.7. The van der Waals surface area contributed by atoms with Gasteiger partial charge in [-0.1, -0.05) is 93.6 Å². The van der Waals surface area contributed by atoms with Crippen LogP contribution in [0, 0.1) is 10.8 Å². The van der Waals surface area contributed by atoms with E-state index in [1.54, 1.807) is 5.48 Å². The Labute approximate surface area is 296 Å². The number of unbranched alkanes of at least 4 members (excludes halogenated alkanes) is 1. The van der Waals surface area contributed by atoms with E-state index in [1.807, 2.05) is 30.3 Å². The Morgan fingerprint density at radius 3 is 2.30 bits per heavy atom. The number of fused-ring (bicyclic) bond motifs is 2. The Morgan fingerprint density at radius 1 is 0.880 bits per heavy atom. The molecular formula is C41H53N3O6. The highest BCUT2D eigenvalue weighted by Crippen LogP contribution is 2.53. The standard InChI is InChI=1S/C41H53N3O6/c1-40(2)21-33-22-41(3,26-40)27-44(33)24-34-20-36(30-14-12-28(25-45)13-15-30)50-39(49-34)31-18-16-29(17-19-31)35-9-5-4-8-32(35)23-42-37(46)10-6-7-11-38(47)43-48/h4-5,8-9,12-19,33-34,36,39,45,48H,6-7,10-11,20-27H2,1-3H3,(H,42,46)(H,43,47)/t33?,34-,36+,39+,41?/m1/s1. The van der Waals surface area contributed by atoms with Crippen LogP contribution in [0.5, 0.6) is 0 Å². The average Bonchev–Trinajstić information content (AvgIpc) is 3.35. The fourth-order valence-corrected chi connectivity index (χ4v) is 8.77. The van der Waals surface area contributed by atoms with Gasteiger partial charge in [-0.15, -0.1) is 0 Å². The molecule has 2 amide bonds. The normalized spacial score (nSPS) is 26.0. The fourth-order valence-electron chi connectivity index (χ4n) is 8.77. The number of nitrogens with zero attached hydrogens (tertiary/aromatic N) is 1. The molecule has 2 saturated heterocycles. The minimum absolute atomic E-state index is 0.0122. The quantitative estimate of drug-likeness (QED) is 0.0873. The van der Waals surface area contributed by atoms with E-state index in [9.17, 15) is 14.7 Å². The minimum atomic E-state index is -0.516. The molecule has 6 rings (SSSR count). The summed E-state index contributed by atoms with van der Waals surface area (Å²) in [7, 11) is 0. The number of hydrogen-bond donors (Lipinski definition) is 4. The SMILES string of the molecule is CC1(C)CC2CC(C)(CN2C[C@H]2C[C@@H](c3ccc(CO)cc3)O[C@@H](c3ccc(-c4ccccc4CNC(=O)CCCCC(=O)NO)cc3)O2)C1. The van der Waals surface area contributed by atoms with Gasteiger partial charge in [0.15, 0.2) is 6.29 Å². The number of rotatable bonds is 13. The van der Waals surface area contributed by atoms with E-state index in [0.29, 0.717) is 42.7 Å². The lowest BCUT2D eigenvalue weighted by Crippen LogP contribution is -2.42. The molecule has 1 saturated carbocycles. The molecule has 50 heavy (non-hydrogen) atoms. The predicted octanol–water partition coefficient (Wildman–Crippen LogP) is 6.97. The minimum Gasteiger partial charge on any atom is -0.392 e. The van der Waals surface area contributed by atoms with Crippen LogP contribution in [0.2, 0.25) is 0 Å². The molecule has 9 nitrogen and oxygen atoms in total. The van der Waals surface area contributed by atoms with Crippen LogP contribution in [0.15, 0.2) is 72.8 Å². The summed E-state index contributed by atoms with van der Waals surface area (Å²) in [4.78, 5) is 26.4. The average molecular weight is 684 g/mol. The van der Waals surface area contributed by atoms with Crippen LogP contribution >= 0.6 is 0 Å². The van der Waals surface area contributed by atoms with Crippen LogP contribution in [0.25, 0.3) is 11.1 Å². The van der Waals surface area contributed by atoms with Crippen molar-refractivity contribution in [2.75, 3.05) is 13.1 Å². The number of likely N-dealkylation sites (tertiary alicyclic amines) is 1. The van der Waals surface area contributed by atoms with Crippen LogP contribution in [0.1, 0.15) is 107 Å². The maximum Gasteiger partial charge on any atom is 0.243 e. The highest BCUT2D eigenvalue weighted by atomic mass is 16.7. The van der Waals surface area contributed by atoms with Crippen LogP contribution in [0.3, 0.4) is 0 Å². The van der Waals surface area contributed by atoms with Crippen LogP contribution in [-0.4, -0.2) is 52.3 Å². The van der Waals surface area contributed by atoms with Gasteiger partial charge in [-0.25, -0.2) is 5.48 Å². The summed E-state index contributed by atoms with van der Waals surface area (Å²) >= 11 is 0.